The van der Waals surface area contributed by atoms with Crippen LogP contribution in [-0.4, -0.2) is 0 Å². The zero-order valence-electron chi connectivity index (χ0n) is 26.4. The molecule has 0 saturated carbocycles. The van der Waals surface area contributed by atoms with E-state index < -0.39 is 14.1 Å². The van der Waals surface area contributed by atoms with Crippen LogP contribution in [-0.2, 0) is 0 Å². The van der Waals surface area contributed by atoms with Crippen LogP contribution in [0.1, 0.15) is 0 Å². The van der Waals surface area contributed by atoms with Crippen molar-refractivity contribution in [3.63, 3.8) is 0 Å². The van der Waals surface area contributed by atoms with Crippen molar-refractivity contribution in [3.8, 4) is 0 Å². The van der Waals surface area contributed by atoms with E-state index >= 15 is 0 Å². The fraction of sp³-hybridized carbons (Fsp3) is 0. The van der Waals surface area contributed by atoms with Crippen LogP contribution in [0, 0.1) is 0 Å². The molecule has 1 heterocycles. The van der Waals surface area contributed by atoms with Gasteiger partial charge in [-0.25, -0.2) is 0 Å². The Morgan fingerprint density at radius 2 is 0.688 bits per heavy atom. The average Bonchev–Trinajstić information content (AvgIpc) is 3.19. The Morgan fingerprint density at radius 1 is 0.375 bits per heavy atom. The second kappa shape index (κ2) is 12.7. The van der Waals surface area contributed by atoms with Gasteiger partial charge in [0.05, 0.1) is 0 Å². The number of para-hydroxylation sites is 2. The van der Waals surface area contributed by atoms with E-state index in [2.05, 4.69) is 221 Å². The quantitative estimate of drug-likeness (QED) is 0.157. The molecular formula is C42H36N3P3. The van der Waals surface area contributed by atoms with Gasteiger partial charge in [0.1, 0.15) is 0 Å². The molecule has 0 spiro atoms. The molecule has 0 bridgehead atoms. The van der Waals surface area contributed by atoms with Crippen LogP contribution < -0.4 is 35.4 Å². The maximum absolute atomic E-state index is 6.06. The molecule has 7 aromatic carbocycles. The molecule has 3 nitrogen and oxygen atoms in total. The summed E-state index contributed by atoms with van der Waals surface area (Å²) in [5.74, 6) is 0. The van der Waals surface area contributed by atoms with E-state index in [0.717, 1.165) is 11.4 Å². The fourth-order valence-electron chi connectivity index (χ4n) is 7.39. The summed E-state index contributed by atoms with van der Waals surface area (Å²) in [6.07, 6.45) is 0. The Bertz CT molecular complexity index is 2020. The predicted molar refractivity (Wildman–Crippen MR) is 213 cm³/mol. The first-order valence-corrected chi connectivity index (χ1v) is 20.9. The molecule has 7 aromatic rings. The molecule has 0 N–H and O–H groups in total. The van der Waals surface area contributed by atoms with Crippen molar-refractivity contribution in [2.24, 2.45) is 4.52 Å². The predicted octanol–water partition coefficient (Wildman–Crippen LogP) is 9.65. The summed E-state index contributed by atoms with van der Waals surface area (Å²) in [5, 5.41) is 6.28. The van der Waals surface area contributed by atoms with Gasteiger partial charge in [-0.3, -0.25) is 0 Å². The molecule has 1 atom stereocenters. The molecule has 0 saturated heterocycles. The van der Waals surface area contributed by atoms with Gasteiger partial charge in [0.15, 0.2) is 0 Å². The van der Waals surface area contributed by atoms with Crippen molar-refractivity contribution in [2.45, 2.75) is 0 Å². The van der Waals surface area contributed by atoms with E-state index in [1.165, 1.54) is 26.5 Å². The normalized spacial score (nSPS) is 17.5. The number of benzene rings is 7. The van der Waals surface area contributed by atoms with Crippen molar-refractivity contribution >= 4 is 60.9 Å². The van der Waals surface area contributed by atoms with Gasteiger partial charge < -0.3 is 0 Å². The zero-order chi connectivity index (χ0) is 32.3. The zero-order valence-corrected chi connectivity index (χ0v) is 29.2. The molecule has 0 radical (unpaired) electrons. The van der Waals surface area contributed by atoms with Gasteiger partial charge in [0, 0.05) is 0 Å². The van der Waals surface area contributed by atoms with Gasteiger partial charge in [-0.2, -0.15) is 0 Å². The Hall–Kier alpha value is -4.77. The van der Waals surface area contributed by atoms with Gasteiger partial charge in [0.25, 0.3) is 0 Å². The van der Waals surface area contributed by atoms with Crippen molar-refractivity contribution in [2.75, 3.05) is 8.88 Å². The maximum atomic E-state index is 6.06. The second-order valence-corrected chi connectivity index (χ2v) is 20.9. The van der Waals surface area contributed by atoms with Crippen LogP contribution in [0.5, 0.6) is 0 Å². The van der Waals surface area contributed by atoms with Crippen LogP contribution >= 0.6 is 23.0 Å². The van der Waals surface area contributed by atoms with Gasteiger partial charge in [-0.05, 0) is 0 Å². The molecule has 0 amide bonds. The van der Waals surface area contributed by atoms with E-state index in [4.69, 9.17) is 4.52 Å². The summed E-state index contributed by atoms with van der Waals surface area (Å²) < 4.78 is 11.6. The summed E-state index contributed by atoms with van der Waals surface area (Å²) in [5.41, 5.74) is 2.29. The summed E-state index contributed by atoms with van der Waals surface area (Å²) in [6.45, 7) is -4.03. The van der Waals surface area contributed by atoms with E-state index in [-0.39, 0.29) is 8.88 Å². The average molecular weight is 676 g/mol. The first kappa shape index (κ1) is 30.6. The molecule has 1 aliphatic heterocycles. The molecule has 234 valence electrons. The minimum absolute atomic E-state index is 0.127. The number of nitrogens with zero attached hydrogens (tertiary/aromatic N) is 3. The summed E-state index contributed by atoms with van der Waals surface area (Å²) in [6, 6.07) is 78.0. The third-order valence-electron chi connectivity index (χ3n) is 9.27. The van der Waals surface area contributed by atoms with Gasteiger partial charge in [-0.15, -0.1) is 0 Å². The Balaban J connectivity index is 1.73. The summed E-state index contributed by atoms with van der Waals surface area (Å²) in [4.78, 5) is 0. The van der Waals surface area contributed by atoms with Crippen LogP contribution in [0.2, 0.25) is 0 Å². The molecule has 48 heavy (non-hydrogen) atoms. The van der Waals surface area contributed by atoms with Gasteiger partial charge >= 0.3 is 287 Å². The molecule has 1 unspecified atom stereocenters. The minimum atomic E-state index is -4.03. The van der Waals surface area contributed by atoms with E-state index in [0.29, 0.717) is 0 Å². The number of anilines is 2. The Labute approximate surface area is 285 Å². The van der Waals surface area contributed by atoms with Crippen LogP contribution in [0.15, 0.2) is 217 Å². The van der Waals surface area contributed by atoms with Crippen molar-refractivity contribution < 1.29 is 0 Å². The van der Waals surface area contributed by atoms with Gasteiger partial charge in [0.2, 0.25) is 0 Å². The first-order chi connectivity index (χ1) is 23.8. The molecule has 0 aromatic heterocycles. The standard InChI is InChI=1S/C42H36N3P3/c1-8-22-36(23-9-1)44-46-43-47(38-26-12-3-13-27-38,39-28-14-4-15-29-39)45(37-24-10-2-11-25-37)48(44,40-30-16-5-17-31-40,41-32-18-6-19-33-41)42-34-20-7-21-35-42/h1-35,46H. The van der Waals surface area contributed by atoms with Crippen LogP contribution in [0.3, 0.4) is 0 Å². The van der Waals surface area contributed by atoms with Crippen molar-refractivity contribution in [1.29, 1.82) is 0 Å². The fourth-order valence-corrected chi connectivity index (χ4v) is 24.7. The number of hydrogen-bond acceptors (Lipinski definition) is 3. The molecule has 8 rings (SSSR count). The molecule has 6 heteroatoms. The SMILES string of the molecule is c1ccc(N2PN=P(c3ccccc3)(c3ccccc3)N(c3ccccc3)P2(c2ccccc2)(c2ccccc2)c2ccccc2)cc1. The summed E-state index contributed by atoms with van der Waals surface area (Å²) in [7, 11) is -2.65. The van der Waals surface area contributed by atoms with E-state index in [9.17, 15) is 0 Å². The van der Waals surface area contributed by atoms with Crippen molar-refractivity contribution in [1.82, 2.24) is 0 Å². The summed E-state index contributed by atoms with van der Waals surface area (Å²) >= 11 is 0. The molecular weight excluding hydrogens is 639 g/mol. The monoisotopic (exact) mass is 675 g/mol. The third kappa shape index (κ3) is 4.39. The third-order valence-corrected chi connectivity index (χ3v) is 23.1. The van der Waals surface area contributed by atoms with Crippen LogP contribution in [0.25, 0.3) is 0 Å². The molecule has 0 aliphatic carbocycles. The van der Waals surface area contributed by atoms with Crippen LogP contribution in [0.4, 0.5) is 11.4 Å². The van der Waals surface area contributed by atoms with E-state index in [1.54, 1.807) is 0 Å². The Kier molecular flexibility index (Phi) is 8.07. The number of hydrogen-bond donors (Lipinski definition) is 0. The van der Waals surface area contributed by atoms with E-state index in [1.807, 2.05) is 0 Å². The molecule has 0 fully saturated rings. The molecule has 1 aliphatic rings. The van der Waals surface area contributed by atoms with Gasteiger partial charge in [-0.1, -0.05) is 0 Å². The second-order valence-electron chi connectivity index (χ2n) is 11.8. The van der Waals surface area contributed by atoms with Crippen molar-refractivity contribution in [3.05, 3.63) is 212 Å². The first-order valence-electron chi connectivity index (χ1n) is 16.2. The topological polar surface area (TPSA) is 18.8 Å². The number of rotatable bonds is 7. The Morgan fingerprint density at radius 3 is 1.06 bits per heavy atom.